The number of methoxy groups -OCH3 is 1. The van der Waals surface area contributed by atoms with Crippen molar-refractivity contribution in [2.75, 3.05) is 31.8 Å². The van der Waals surface area contributed by atoms with Crippen molar-refractivity contribution < 1.29 is 28.6 Å². The van der Waals surface area contributed by atoms with Gasteiger partial charge in [0.15, 0.2) is 4.80 Å². The van der Waals surface area contributed by atoms with Crippen molar-refractivity contribution in [1.82, 2.24) is 4.57 Å². The van der Waals surface area contributed by atoms with Crippen molar-refractivity contribution in [2.45, 2.75) is 26.8 Å². The molecule has 212 valence electrons. The van der Waals surface area contributed by atoms with E-state index in [0.717, 1.165) is 11.3 Å². The van der Waals surface area contributed by atoms with Gasteiger partial charge < -0.3 is 14.2 Å². The van der Waals surface area contributed by atoms with Gasteiger partial charge in [0, 0.05) is 5.56 Å². The number of amides is 1. The topological polar surface area (TPSA) is 116 Å². The van der Waals surface area contributed by atoms with Gasteiger partial charge in [0.05, 0.1) is 53.4 Å². The summed E-state index contributed by atoms with van der Waals surface area (Å²) in [5, 5.41) is 0. The highest BCUT2D eigenvalue weighted by molar-refractivity contribution is 9.10. The van der Waals surface area contributed by atoms with Crippen LogP contribution in [-0.2, 0) is 23.9 Å². The minimum atomic E-state index is -0.871. The molecule has 2 aliphatic heterocycles. The molecule has 1 atom stereocenters. The first-order chi connectivity index (χ1) is 19.7. The number of esters is 2. The molecule has 0 aliphatic carbocycles. The number of hydrogen-bond donors (Lipinski definition) is 0. The van der Waals surface area contributed by atoms with Gasteiger partial charge in [0.2, 0.25) is 0 Å². The summed E-state index contributed by atoms with van der Waals surface area (Å²) in [6.07, 6.45) is 0. The lowest BCUT2D eigenvalue weighted by Crippen LogP contribution is -2.41. The molecule has 3 aromatic rings. The summed E-state index contributed by atoms with van der Waals surface area (Å²) in [5.41, 5.74) is 1.95. The van der Waals surface area contributed by atoms with E-state index in [9.17, 15) is 19.2 Å². The second-order valence-electron chi connectivity index (χ2n) is 9.11. The number of rotatable bonds is 7. The summed E-state index contributed by atoms with van der Waals surface area (Å²) in [7, 11) is 1.54. The van der Waals surface area contributed by atoms with Crippen LogP contribution in [0.5, 0.6) is 5.75 Å². The molecule has 0 saturated carbocycles. The predicted molar refractivity (Wildman–Crippen MR) is 155 cm³/mol. The van der Waals surface area contributed by atoms with Crippen LogP contribution < -0.4 is 24.5 Å². The largest absolute Gasteiger partial charge is 0.496 e. The molecule has 0 unspecified atom stereocenters. The number of nitrogens with zero attached hydrogens (tertiary/aromatic N) is 3. The van der Waals surface area contributed by atoms with E-state index in [4.69, 9.17) is 14.2 Å². The molecule has 0 spiro atoms. The van der Waals surface area contributed by atoms with Crippen molar-refractivity contribution in [3.05, 3.63) is 89.0 Å². The number of carbonyl (C=O) groups is 3. The number of hydrogen-bond acceptors (Lipinski definition) is 9. The van der Waals surface area contributed by atoms with Crippen molar-refractivity contribution >= 4 is 56.4 Å². The number of carbonyl (C=O) groups excluding carboxylic acids is 3. The second kappa shape index (κ2) is 11.5. The van der Waals surface area contributed by atoms with Gasteiger partial charge >= 0.3 is 11.9 Å². The quantitative estimate of drug-likeness (QED) is 0.365. The summed E-state index contributed by atoms with van der Waals surface area (Å²) in [6.45, 7) is 5.11. The van der Waals surface area contributed by atoms with Crippen LogP contribution >= 0.6 is 27.3 Å². The fourth-order valence-corrected chi connectivity index (χ4v) is 6.70. The molecule has 1 aromatic heterocycles. The SMILES string of the molecule is CCOC(=O)CN1C(=O)/C(=c2/sc3n(c2=O)[C@H](c2ccc(OC)c(Br)c2)C(C(=O)OCC)=C(C)N=3)c2ccccc21. The maximum absolute atomic E-state index is 14.2. The van der Waals surface area contributed by atoms with Gasteiger partial charge in [-0.2, -0.15) is 0 Å². The zero-order valence-corrected chi connectivity index (χ0v) is 25.1. The lowest BCUT2D eigenvalue weighted by molar-refractivity contribution is -0.142. The first-order valence-corrected chi connectivity index (χ1v) is 14.4. The van der Waals surface area contributed by atoms with Gasteiger partial charge in [0.1, 0.15) is 16.8 Å². The minimum absolute atomic E-state index is 0.144. The van der Waals surface area contributed by atoms with Crippen LogP contribution in [0.1, 0.15) is 37.9 Å². The molecule has 10 nitrogen and oxygen atoms in total. The summed E-state index contributed by atoms with van der Waals surface area (Å²) < 4.78 is 18.0. The van der Waals surface area contributed by atoms with E-state index in [-0.39, 0.29) is 35.4 Å². The Morgan fingerprint density at radius 1 is 1.07 bits per heavy atom. The number of anilines is 1. The number of thiazole rings is 1. The summed E-state index contributed by atoms with van der Waals surface area (Å²) >= 11 is 4.56. The van der Waals surface area contributed by atoms with Crippen molar-refractivity contribution in [2.24, 2.45) is 4.99 Å². The number of fused-ring (bicyclic) bond motifs is 2. The van der Waals surface area contributed by atoms with E-state index in [2.05, 4.69) is 20.9 Å². The van der Waals surface area contributed by atoms with Gasteiger partial charge in [-0.05, 0) is 60.5 Å². The summed E-state index contributed by atoms with van der Waals surface area (Å²) in [6, 6.07) is 11.4. The van der Waals surface area contributed by atoms with Crippen LogP contribution in [0.15, 0.2) is 68.0 Å². The van der Waals surface area contributed by atoms with E-state index < -0.39 is 29.4 Å². The van der Waals surface area contributed by atoms with E-state index >= 15 is 0 Å². The predicted octanol–water partition coefficient (Wildman–Crippen LogP) is 2.85. The zero-order chi connectivity index (χ0) is 29.4. The van der Waals surface area contributed by atoms with Gasteiger partial charge in [-0.15, -0.1) is 0 Å². The average Bonchev–Trinajstić information content (AvgIpc) is 3.40. The Hall–Kier alpha value is -4.03. The number of benzene rings is 2. The summed E-state index contributed by atoms with van der Waals surface area (Å²) in [5.74, 6) is -1.06. The summed E-state index contributed by atoms with van der Waals surface area (Å²) in [4.78, 5) is 59.8. The first kappa shape index (κ1) is 28.5. The third kappa shape index (κ3) is 4.91. The zero-order valence-electron chi connectivity index (χ0n) is 22.7. The molecule has 0 bridgehead atoms. The molecule has 41 heavy (non-hydrogen) atoms. The molecule has 1 amide bonds. The smallest absolute Gasteiger partial charge is 0.338 e. The highest BCUT2D eigenvalue weighted by Gasteiger charge is 2.38. The highest BCUT2D eigenvalue weighted by Crippen LogP contribution is 2.37. The molecule has 0 N–H and O–H groups in total. The Kier molecular flexibility index (Phi) is 7.96. The van der Waals surface area contributed by atoms with Crippen LogP contribution in [0.2, 0.25) is 0 Å². The Morgan fingerprint density at radius 3 is 2.49 bits per heavy atom. The van der Waals surface area contributed by atoms with Crippen LogP contribution in [0.4, 0.5) is 5.69 Å². The molecule has 3 heterocycles. The van der Waals surface area contributed by atoms with Crippen LogP contribution in [0.3, 0.4) is 0 Å². The van der Waals surface area contributed by atoms with Crippen LogP contribution in [0, 0.1) is 0 Å². The third-order valence-electron chi connectivity index (χ3n) is 6.73. The Balaban J connectivity index is 1.76. The normalized spacial score (nSPS) is 17.1. The molecule has 2 aromatic carbocycles. The molecule has 0 radical (unpaired) electrons. The third-order valence-corrected chi connectivity index (χ3v) is 8.40. The van der Waals surface area contributed by atoms with Crippen molar-refractivity contribution in [3.63, 3.8) is 0 Å². The number of halogens is 1. The second-order valence-corrected chi connectivity index (χ2v) is 10.9. The molecular formula is C29H26BrN3O7S. The van der Waals surface area contributed by atoms with E-state index in [0.29, 0.717) is 37.5 Å². The Labute approximate surface area is 247 Å². The van der Waals surface area contributed by atoms with Crippen LogP contribution in [0.25, 0.3) is 5.57 Å². The lowest BCUT2D eigenvalue weighted by Gasteiger charge is -2.25. The van der Waals surface area contributed by atoms with E-state index in [1.165, 1.54) is 9.47 Å². The van der Waals surface area contributed by atoms with Crippen molar-refractivity contribution in [3.8, 4) is 5.75 Å². The van der Waals surface area contributed by atoms with Crippen molar-refractivity contribution in [1.29, 1.82) is 0 Å². The first-order valence-electron chi connectivity index (χ1n) is 12.8. The average molecular weight is 641 g/mol. The highest BCUT2D eigenvalue weighted by atomic mass is 79.9. The maximum Gasteiger partial charge on any atom is 0.338 e. The number of aromatic nitrogens is 1. The fourth-order valence-electron chi connectivity index (χ4n) is 5.00. The van der Waals surface area contributed by atoms with Gasteiger partial charge in [-0.25, -0.2) is 9.79 Å². The Morgan fingerprint density at radius 2 is 1.80 bits per heavy atom. The molecule has 0 saturated heterocycles. The maximum atomic E-state index is 14.2. The van der Waals surface area contributed by atoms with Gasteiger partial charge in [0.25, 0.3) is 11.5 Å². The molecule has 0 fully saturated rings. The molecule has 12 heteroatoms. The minimum Gasteiger partial charge on any atom is -0.496 e. The Bertz CT molecular complexity index is 1810. The van der Waals surface area contributed by atoms with E-state index in [1.807, 2.05) is 0 Å². The lowest BCUT2D eigenvalue weighted by atomic mass is 9.96. The number of allylic oxidation sites excluding steroid dienone is 1. The fraction of sp³-hybridized carbons (Fsp3) is 0.276. The monoisotopic (exact) mass is 639 g/mol. The molecular weight excluding hydrogens is 614 g/mol. The van der Waals surface area contributed by atoms with Gasteiger partial charge in [-0.1, -0.05) is 35.6 Å². The standard InChI is InChI=1S/C29H26BrN3O7S/c1-5-39-21(34)14-32-19-10-8-7-9-17(19)23(26(32)35)25-27(36)33-24(16-11-12-20(38-4)18(30)13-16)22(28(37)40-6-2)15(3)31-29(33)41-25/h7-13,24H,5-6,14H2,1-4H3/b25-23+/t24-/m1/s1. The van der Waals surface area contributed by atoms with Crippen LogP contribution in [-0.4, -0.2) is 49.3 Å². The number of para-hydroxylation sites is 1. The van der Waals surface area contributed by atoms with Gasteiger partial charge in [-0.3, -0.25) is 23.9 Å². The molecule has 5 rings (SSSR count). The molecule has 2 aliphatic rings. The van der Waals surface area contributed by atoms with E-state index in [1.54, 1.807) is 70.3 Å². The number of ether oxygens (including phenoxy) is 3.